The molecule has 3 rings (SSSR count). The number of benzene rings is 2. The summed E-state index contributed by atoms with van der Waals surface area (Å²) in [6, 6.07) is 13.3. The number of oxime groups is 1. The molecule has 3 aromatic rings. The van der Waals surface area contributed by atoms with Gasteiger partial charge in [-0.3, -0.25) is 0 Å². The molecule has 0 aliphatic carbocycles. The highest BCUT2D eigenvalue weighted by Gasteiger charge is 2.10. The van der Waals surface area contributed by atoms with Gasteiger partial charge >= 0.3 is 6.61 Å². The molecule has 0 saturated heterocycles. The van der Waals surface area contributed by atoms with Gasteiger partial charge in [0.25, 0.3) is 5.89 Å². The largest absolute Gasteiger partial charge is 0.497 e. The summed E-state index contributed by atoms with van der Waals surface area (Å²) in [4.78, 5) is 5.08. The summed E-state index contributed by atoms with van der Waals surface area (Å²) in [5, 5.41) is 11.5. The summed E-state index contributed by atoms with van der Waals surface area (Å²) in [7, 11) is 1.58. The molecule has 0 aliphatic rings. The molecule has 0 fully saturated rings. The van der Waals surface area contributed by atoms with Crippen LogP contribution in [0.3, 0.4) is 0 Å². The summed E-state index contributed by atoms with van der Waals surface area (Å²) < 4.78 is 39.7. The van der Waals surface area contributed by atoms with Crippen LogP contribution in [0, 0.1) is 0 Å². The second-order valence-corrected chi connectivity index (χ2v) is 5.15. The third-order valence-electron chi connectivity index (χ3n) is 3.39. The molecular weight excluding hydrogens is 360 g/mol. The van der Waals surface area contributed by atoms with E-state index >= 15 is 0 Å². The lowest BCUT2D eigenvalue weighted by Gasteiger charge is -2.06. The van der Waals surface area contributed by atoms with E-state index in [4.69, 9.17) is 14.0 Å². The highest BCUT2D eigenvalue weighted by atomic mass is 19.3. The van der Waals surface area contributed by atoms with Crippen molar-refractivity contribution in [1.82, 2.24) is 10.2 Å². The molecule has 9 heteroatoms. The highest BCUT2D eigenvalue weighted by molar-refractivity contribution is 5.83. The van der Waals surface area contributed by atoms with Gasteiger partial charge in [-0.15, -0.1) is 10.2 Å². The number of hydrogen-bond donors (Lipinski definition) is 0. The van der Waals surface area contributed by atoms with Crippen molar-refractivity contribution in [1.29, 1.82) is 0 Å². The molecule has 0 saturated carbocycles. The van der Waals surface area contributed by atoms with Crippen molar-refractivity contribution >= 4 is 6.21 Å². The predicted molar refractivity (Wildman–Crippen MR) is 91.7 cm³/mol. The van der Waals surface area contributed by atoms with E-state index < -0.39 is 6.61 Å². The summed E-state index contributed by atoms with van der Waals surface area (Å²) in [6.07, 6.45) is 1.26. The molecule has 0 unspecified atom stereocenters. The lowest BCUT2D eigenvalue weighted by atomic mass is 10.2. The van der Waals surface area contributed by atoms with Crippen LogP contribution in [0.4, 0.5) is 8.78 Å². The minimum Gasteiger partial charge on any atom is -0.497 e. The van der Waals surface area contributed by atoms with Gasteiger partial charge in [-0.05, 0) is 36.4 Å². The Hall–Kier alpha value is -3.49. The smallest absolute Gasteiger partial charge is 0.387 e. The molecular formula is C18H15F2N3O4. The second kappa shape index (κ2) is 8.75. The van der Waals surface area contributed by atoms with Gasteiger partial charge in [0.15, 0.2) is 6.61 Å². The van der Waals surface area contributed by atoms with E-state index in [1.54, 1.807) is 49.6 Å². The number of nitrogens with zero attached hydrogens (tertiary/aromatic N) is 3. The molecule has 140 valence electrons. The van der Waals surface area contributed by atoms with Crippen LogP contribution in [0.25, 0.3) is 11.5 Å². The number of halogens is 2. The van der Waals surface area contributed by atoms with E-state index in [0.717, 1.165) is 5.56 Å². The fourth-order valence-electron chi connectivity index (χ4n) is 2.14. The molecule has 0 aliphatic heterocycles. The van der Waals surface area contributed by atoms with Gasteiger partial charge in [0.2, 0.25) is 5.89 Å². The zero-order valence-corrected chi connectivity index (χ0v) is 14.2. The van der Waals surface area contributed by atoms with E-state index in [-0.39, 0.29) is 18.2 Å². The van der Waals surface area contributed by atoms with Crippen molar-refractivity contribution in [2.24, 2.45) is 5.16 Å². The van der Waals surface area contributed by atoms with Crippen LogP contribution in [0.1, 0.15) is 11.5 Å². The van der Waals surface area contributed by atoms with E-state index in [1.807, 2.05) is 0 Å². The number of alkyl halides is 2. The average Bonchev–Trinajstić information content (AvgIpc) is 3.15. The highest BCUT2D eigenvalue weighted by Crippen LogP contribution is 2.21. The zero-order valence-electron chi connectivity index (χ0n) is 14.2. The minimum absolute atomic E-state index is 0.000526. The van der Waals surface area contributed by atoms with Crippen LogP contribution < -0.4 is 9.47 Å². The van der Waals surface area contributed by atoms with E-state index in [0.29, 0.717) is 17.2 Å². The Kier molecular flexibility index (Phi) is 5.93. The van der Waals surface area contributed by atoms with Crippen LogP contribution in [-0.4, -0.2) is 30.1 Å². The lowest BCUT2D eigenvalue weighted by Crippen LogP contribution is -2.04. The van der Waals surface area contributed by atoms with Crippen LogP contribution >= 0.6 is 0 Å². The monoisotopic (exact) mass is 375 g/mol. The molecule has 2 aromatic carbocycles. The van der Waals surface area contributed by atoms with Crippen LogP contribution in [0.15, 0.2) is 58.1 Å². The molecule has 0 radical (unpaired) electrons. The van der Waals surface area contributed by atoms with E-state index in [9.17, 15) is 8.78 Å². The lowest BCUT2D eigenvalue weighted by molar-refractivity contribution is -0.0499. The Bertz CT molecular complexity index is 898. The molecule has 0 atom stereocenters. The second-order valence-electron chi connectivity index (χ2n) is 5.15. The average molecular weight is 375 g/mol. The number of rotatable bonds is 8. The molecule has 0 spiro atoms. The Morgan fingerprint density at radius 2 is 1.89 bits per heavy atom. The third-order valence-corrected chi connectivity index (χ3v) is 3.39. The van der Waals surface area contributed by atoms with Gasteiger partial charge in [-0.25, -0.2) is 0 Å². The third kappa shape index (κ3) is 5.00. The fourth-order valence-corrected chi connectivity index (χ4v) is 2.14. The van der Waals surface area contributed by atoms with Crippen molar-refractivity contribution in [2.45, 2.75) is 13.2 Å². The number of aromatic nitrogens is 2. The van der Waals surface area contributed by atoms with Crippen molar-refractivity contribution in [3.63, 3.8) is 0 Å². The zero-order chi connectivity index (χ0) is 19.1. The number of hydrogen-bond acceptors (Lipinski definition) is 7. The first-order valence-corrected chi connectivity index (χ1v) is 7.81. The van der Waals surface area contributed by atoms with Gasteiger partial charge in [-0.1, -0.05) is 17.3 Å². The van der Waals surface area contributed by atoms with Crippen molar-refractivity contribution in [3.05, 3.63) is 60.0 Å². The normalized spacial score (nSPS) is 11.1. The minimum atomic E-state index is -2.92. The maximum atomic E-state index is 12.4. The van der Waals surface area contributed by atoms with Crippen molar-refractivity contribution in [3.8, 4) is 23.0 Å². The Balaban J connectivity index is 1.58. The van der Waals surface area contributed by atoms with Gasteiger partial charge < -0.3 is 18.7 Å². The molecule has 0 N–H and O–H groups in total. The Morgan fingerprint density at radius 3 is 2.63 bits per heavy atom. The maximum absolute atomic E-state index is 12.4. The quantitative estimate of drug-likeness (QED) is 0.439. The van der Waals surface area contributed by atoms with Gasteiger partial charge in [-0.2, -0.15) is 8.78 Å². The summed E-state index contributed by atoms with van der Waals surface area (Å²) >= 11 is 0. The molecule has 1 aromatic heterocycles. The number of ether oxygens (including phenoxy) is 2. The van der Waals surface area contributed by atoms with Crippen LogP contribution in [-0.2, 0) is 11.4 Å². The molecule has 7 nitrogen and oxygen atoms in total. The maximum Gasteiger partial charge on any atom is 0.387 e. The standard InChI is InChI=1S/C18H15F2N3O4/c1-24-14-8-6-12(7-9-14)17-23-22-16(27-17)11-25-21-10-13-4-2-3-5-15(13)26-18(19)20/h2-10,18H,11H2,1H3/b21-10+. The van der Waals surface area contributed by atoms with Gasteiger partial charge in [0.1, 0.15) is 11.5 Å². The van der Waals surface area contributed by atoms with Gasteiger partial charge in [0.05, 0.1) is 13.3 Å². The fraction of sp³-hybridized carbons (Fsp3) is 0.167. The van der Waals surface area contributed by atoms with Gasteiger partial charge in [0, 0.05) is 11.1 Å². The van der Waals surface area contributed by atoms with Crippen molar-refractivity contribution < 1.29 is 27.5 Å². The first kappa shape index (κ1) is 18.3. The number of para-hydroxylation sites is 1. The first-order valence-electron chi connectivity index (χ1n) is 7.81. The molecule has 0 amide bonds. The Labute approximate surface area is 153 Å². The van der Waals surface area contributed by atoms with E-state index in [1.165, 1.54) is 12.3 Å². The summed E-state index contributed by atoms with van der Waals surface area (Å²) in [6.45, 7) is -2.99. The Morgan fingerprint density at radius 1 is 1.11 bits per heavy atom. The first-order chi connectivity index (χ1) is 13.2. The van der Waals surface area contributed by atoms with E-state index in [2.05, 4.69) is 20.1 Å². The summed E-state index contributed by atoms with van der Waals surface area (Å²) in [5.74, 6) is 1.26. The SMILES string of the molecule is COc1ccc(-c2nnc(CO/N=C/c3ccccc3OC(F)F)o2)cc1. The number of methoxy groups -OCH3 is 1. The molecule has 0 bridgehead atoms. The van der Waals surface area contributed by atoms with Crippen molar-refractivity contribution in [2.75, 3.05) is 7.11 Å². The van der Waals surface area contributed by atoms with Crippen LogP contribution in [0.5, 0.6) is 11.5 Å². The molecule has 27 heavy (non-hydrogen) atoms. The topological polar surface area (TPSA) is 79.0 Å². The molecule has 1 heterocycles. The van der Waals surface area contributed by atoms with Crippen LogP contribution in [0.2, 0.25) is 0 Å². The summed E-state index contributed by atoms with van der Waals surface area (Å²) in [5.41, 5.74) is 1.08. The predicted octanol–water partition coefficient (Wildman–Crippen LogP) is 3.90.